The Morgan fingerprint density at radius 1 is 1.22 bits per heavy atom. The van der Waals surface area contributed by atoms with Crippen LogP contribution in [0, 0.1) is 32.1 Å². The molecule has 0 fully saturated rings. The summed E-state index contributed by atoms with van der Waals surface area (Å²) >= 11 is 0. The number of carbonyl (C=O) groups is 1. The predicted octanol–water partition coefficient (Wildman–Crippen LogP) is 1.80. The van der Waals surface area contributed by atoms with Crippen molar-refractivity contribution >= 4 is 22.8 Å². The van der Waals surface area contributed by atoms with Gasteiger partial charge in [0.1, 0.15) is 11.8 Å². The van der Waals surface area contributed by atoms with Crippen molar-refractivity contribution in [1.29, 1.82) is 5.26 Å². The van der Waals surface area contributed by atoms with Crippen molar-refractivity contribution in [2.24, 2.45) is 0 Å². The molecule has 23 heavy (non-hydrogen) atoms. The number of nitriles is 1. The number of pyridine rings is 1. The molecule has 0 aliphatic rings. The molecule has 8 heteroatoms. The summed E-state index contributed by atoms with van der Waals surface area (Å²) < 4.78 is 0. The zero-order valence-electron chi connectivity index (χ0n) is 12.8. The highest BCUT2D eigenvalue weighted by Crippen LogP contribution is 2.24. The van der Waals surface area contributed by atoms with E-state index in [-0.39, 0.29) is 5.69 Å². The van der Waals surface area contributed by atoms with Gasteiger partial charge in [-0.2, -0.15) is 15.5 Å². The van der Waals surface area contributed by atoms with Crippen LogP contribution >= 0.6 is 0 Å². The molecule has 0 saturated carbocycles. The van der Waals surface area contributed by atoms with Gasteiger partial charge in [-0.1, -0.05) is 0 Å². The number of hydrogen-bond donors (Lipinski definition) is 2. The molecule has 3 aromatic rings. The zero-order valence-corrected chi connectivity index (χ0v) is 12.8. The van der Waals surface area contributed by atoms with E-state index in [9.17, 15) is 4.79 Å². The molecule has 3 aromatic heterocycles. The van der Waals surface area contributed by atoms with Gasteiger partial charge in [-0.25, -0.2) is 4.98 Å². The van der Waals surface area contributed by atoms with E-state index in [0.717, 1.165) is 16.6 Å². The predicted molar refractivity (Wildman–Crippen MR) is 82.8 cm³/mol. The SMILES string of the molecule is Cc1nc(C(=O)Nc2n[nH]c3nnc(C)c(C)c23)ccc1C#N. The highest BCUT2D eigenvalue weighted by molar-refractivity contribution is 6.07. The molecule has 0 aliphatic heterocycles. The lowest BCUT2D eigenvalue weighted by atomic mass is 10.1. The van der Waals surface area contributed by atoms with Crippen LogP contribution in [0.5, 0.6) is 0 Å². The van der Waals surface area contributed by atoms with Crippen molar-refractivity contribution < 1.29 is 4.79 Å². The number of amides is 1. The molecule has 3 heterocycles. The highest BCUT2D eigenvalue weighted by Gasteiger charge is 2.16. The van der Waals surface area contributed by atoms with Crippen molar-refractivity contribution in [3.63, 3.8) is 0 Å². The number of hydrogen-bond acceptors (Lipinski definition) is 6. The Kier molecular flexibility index (Phi) is 3.46. The summed E-state index contributed by atoms with van der Waals surface area (Å²) in [6, 6.07) is 5.10. The van der Waals surface area contributed by atoms with Gasteiger partial charge in [0.25, 0.3) is 5.91 Å². The first-order valence-corrected chi connectivity index (χ1v) is 6.88. The van der Waals surface area contributed by atoms with Crippen molar-refractivity contribution in [2.75, 3.05) is 5.32 Å². The number of carbonyl (C=O) groups excluding carboxylic acids is 1. The molecule has 0 radical (unpaired) electrons. The Bertz CT molecular complexity index is 968. The summed E-state index contributed by atoms with van der Waals surface area (Å²) in [4.78, 5) is 16.5. The lowest BCUT2D eigenvalue weighted by Gasteiger charge is -2.05. The van der Waals surface area contributed by atoms with Gasteiger partial charge in [0.05, 0.1) is 22.3 Å². The molecular formula is C15H13N7O. The number of rotatable bonds is 2. The van der Waals surface area contributed by atoms with Gasteiger partial charge in [0, 0.05) is 0 Å². The van der Waals surface area contributed by atoms with E-state index in [4.69, 9.17) is 5.26 Å². The number of aromatic amines is 1. The summed E-state index contributed by atoms with van der Waals surface area (Å²) in [5.41, 5.74) is 3.32. The fraction of sp³-hybridized carbons (Fsp3) is 0.200. The average molecular weight is 307 g/mol. The van der Waals surface area contributed by atoms with Gasteiger partial charge in [0.2, 0.25) is 0 Å². The molecule has 1 amide bonds. The number of nitrogens with zero attached hydrogens (tertiary/aromatic N) is 5. The number of fused-ring (bicyclic) bond motifs is 1. The van der Waals surface area contributed by atoms with Crippen LogP contribution in [0.2, 0.25) is 0 Å². The third-order valence-corrected chi connectivity index (χ3v) is 3.64. The quantitative estimate of drug-likeness (QED) is 0.744. The summed E-state index contributed by atoms with van der Waals surface area (Å²) in [7, 11) is 0. The Morgan fingerprint density at radius 2 is 2.00 bits per heavy atom. The van der Waals surface area contributed by atoms with Crippen LogP contribution in [0.15, 0.2) is 12.1 Å². The van der Waals surface area contributed by atoms with Crippen LogP contribution in [0.25, 0.3) is 11.0 Å². The van der Waals surface area contributed by atoms with Gasteiger partial charge in [-0.05, 0) is 38.5 Å². The first-order chi connectivity index (χ1) is 11.0. The fourth-order valence-corrected chi connectivity index (χ4v) is 2.21. The topological polar surface area (TPSA) is 120 Å². The smallest absolute Gasteiger partial charge is 0.275 e. The standard InChI is InChI=1S/C15H13N7O/c1-7-8(2)19-21-14-12(7)13(20-22-14)18-15(23)11-5-4-10(6-16)9(3)17-11/h4-5H,1-3H3,(H2,18,20,21,22,23). The van der Waals surface area contributed by atoms with Crippen LogP contribution in [0.3, 0.4) is 0 Å². The summed E-state index contributed by atoms with van der Waals surface area (Å²) in [5.74, 6) is -0.0239. The van der Waals surface area contributed by atoms with E-state index in [1.54, 1.807) is 13.0 Å². The van der Waals surface area contributed by atoms with E-state index in [1.165, 1.54) is 6.07 Å². The second-order valence-corrected chi connectivity index (χ2v) is 5.10. The van der Waals surface area contributed by atoms with Gasteiger partial charge in [0.15, 0.2) is 11.5 Å². The first-order valence-electron chi connectivity index (χ1n) is 6.88. The highest BCUT2D eigenvalue weighted by atomic mass is 16.2. The van der Waals surface area contributed by atoms with Crippen LogP contribution in [0.4, 0.5) is 5.82 Å². The Labute approximate surface area is 131 Å². The molecule has 3 rings (SSSR count). The van der Waals surface area contributed by atoms with Crippen molar-refractivity contribution in [3.05, 3.63) is 40.3 Å². The molecule has 0 spiro atoms. The maximum absolute atomic E-state index is 12.4. The Hall–Kier alpha value is -3.34. The van der Waals surface area contributed by atoms with Crippen molar-refractivity contribution in [2.45, 2.75) is 20.8 Å². The Balaban J connectivity index is 1.96. The van der Waals surface area contributed by atoms with E-state index >= 15 is 0 Å². The van der Waals surface area contributed by atoms with Gasteiger partial charge in [-0.15, -0.1) is 5.10 Å². The minimum atomic E-state index is -0.403. The average Bonchev–Trinajstić information content (AvgIpc) is 2.94. The molecular weight excluding hydrogens is 294 g/mol. The fourth-order valence-electron chi connectivity index (χ4n) is 2.21. The minimum absolute atomic E-state index is 0.217. The molecule has 0 aromatic carbocycles. The zero-order chi connectivity index (χ0) is 16.6. The van der Waals surface area contributed by atoms with E-state index in [2.05, 4.69) is 30.7 Å². The lowest BCUT2D eigenvalue weighted by Crippen LogP contribution is -2.15. The summed E-state index contributed by atoms with van der Waals surface area (Å²) in [5, 5.41) is 27.2. The molecule has 2 N–H and O–H groups in total. The van der Waals surface area contributed by atoms with Crippen LogP contribution in [0.1, 0.15) is 33.0 Å². The van der Waals surface area contributed by atoms with E-state index < -0.39 is 5.91 Å². The maximum atomic E-state index is 12.4. The van der Waals surface area contributed by atoms with Crippen LogP contribution in [-0.2, 0) is 0 Å². The van der Waals surface area contributed by atoms with Crippen molar-refractivity contribution in [1.82, 2.24) is 25.4 Å². The van der Waals surface area contributed by atoms with E-state index in [1.807, 2.05) is 19.9 Å². The van der Waals surface area contributed by atoms with Crippen LogP contribution in [-0.4, -0.2) is 31.3 Å². The molecule has 114 valence electrons. The molecule has 8 nitrogen and oxygen atoms in total. The number of anilines is 1. The molecule has 0 unspecified atom stereocenters. The van der Waals surface area contributed by atoms with Gasteiger partial charge in [-0.3, -0.25) is 9.89 Å². The largest absolute Gasteiger partial charge is 0.303 e. The number of nitrogens with one attached hydrogen (secondary N) is 2. The normalized spacial score (nSPS) is 10.5. The number of H-pyrrole nitrogens is 1. The third-order valence-electron chi connectivity index (χ3n) is 3.64. The van der Waals surface area contributed by atoms with E-state index in [0.29, 0.717) is 22.7 Å². The van der Waals surface area contributed by atoms with Crippen LogP contribution < -0.4 is 5.32 Å². The van der Waals surface area contributed by atoms with Crippen molar-refractivity contribution in [3.8, 4) is 6.07 Å². The summed E-state index contributed by atoms with van der Waals surface area (Å²) in [6.45, 7) is 5.41. The number of aryl methyl sites for hydroxylation is 3. The summed E-state index contributed by atoms with van der Waals surface area (Å²) in [6.07, 6.45) is 0. The third kappa shape index (κ3) is 2.48. The minimum Gasteiger partial charge on any atom is -0.303 e. The lowest BCUT2D eigenvalue weighted by molar-refractivity contribution is 0.102. The molecule has 0 aliphatic carbocycles. The number of aromatic nitrogens is 5. The first kappa shape index (κ1) is 14.6. The second kappa shape index (κ2) is 5.46. The Morgan fingerprint density at radius 3 is 2.70 bits per heavy atom. The molecule has 0 bridgehead atoms. The maximum Gasteiger partial charge on any atom is 0.275 e. The van der Waals surface area contributed by atoms with Gasteiger partial charge >= 0.3 is 0 Å². The molecule has 0 saturated heterocycles. The monoisotopic (exact) mass is 307 g/mol. The molecule has 0 atom stereocenters. The second-order valence-electron chi connectivity index (χ2n) is 5.10. The van der Waals surface area contributed by atoms with Gasteiger partial charge < -0.3 is 5.32 Å².